The number of rotatable bonds is 2. The minimum atomic E-state index is -0.0587. The molecule has 0 aromatic heterocycles. The molecule has 0 atom stereocenters. The van der Waals surface area contributed by atoms with Crippen LogP contribution >= 0.6 is 34.8 Å². The molecule has 0 aliphatic carbocycles. The van der Waals surface area contributed by atoms with Crippen LogP contribution in [0.25, 0.3) is 0 Å². The molecule has 0 unspecified atom stereocenters. The Morgan fingerprint density at radius 3 is 2.40 bits per heavy atom. The van der Waals surface area contributed by atoms with Gasteiger partial charge in [0.1, 0.15) is 0 Å². The average molecular weight is 327 g/mol. The van der Waals surface area contributed by atoms with Gasteiger partial charge in [-0.3, -0.25) is 4.79 Å². The van der Waals surface area contributed by atoms with Crippen LogP contribution < -0.4 is 0 Å². The lowest BCUT2D eigenvalue weighted by molar-refractivity contribution is 0.0767. The molecule has 1 aliphatic heterocycles. The molecule has 102 valence electrons. The number of carbonyl (C=O) groups excluding carboxylic acids is 1. The van der Waals surface area contributed by atoms with Crippen molar-refractivity contribution < 1.29 is 4.79 Å². The fourth-order valence-electron chi connectivity index (χ4n) is 2.36. The molecule has 1 aliphatic rings. The Kier molecular flexibility index (Phi) is 3.63. The van der Waals surface area contributed by atoms with Crippen molar-refractivity contribution >= 4 is 40.7 Å². The largest absolute Gasteiger partial charge is 0.330 e. The molecule has 20 heavy (non-hydrogen) atoms. The van der Waals surface area contributed by atoms with Crippen molar-refractivity contribution in [2.24, 2.45) is 0 Å². The summed E-state index contributed by atoms with van der Waals surface area (Å²) in [7, 11) is 0. The maximum atomic E-state index is 12.4. The van der Waals surface area contributed by atoms with E-state index in [0.29, 0.717) is 33.7 Å². The molecule has 0 radical (unpaired) electrons. The third kappa shape index (κ3) is 2.51. The summed E-state index contributed by atoms with van der Waals surface area (Å²) in [4.78, 5) is 14.1. The molecule has 1 heterocycles. The molecule has 0 fully saturated rings. The highest BCUT2D eigenvalue weighted by Crippen LogP contribution is 2.33. The molecule has 2 aromatic carbocycles. The normalized spacial score (nSPS) is 13.8. The summed E-state index contributed by atoms with van der Waals surface area (Å²) >= 11 is 17.9. The van der Waals surface area contributed by atoms with Gasteiger partial charge in [-0.15, -0.1) is 0 Å². The fourth-order valence-corrected chi connectivity index (χ4v) is 3.11. The van der Waals surface area contributed by atoms with E-state index in [4.69, 9.17) is 34.8 Å². The average Bonchev–Trinajstić information content (AvgIpc) is 2.69. The smallest absolute Gasteiger partial charge is 0.256 e. The third-order valence-corrected chi connectivity index (χ3v) is 4.05. The Balaban J connectivity index is 1.87. The first-order valence-corrected chi connectivity index (χ1v) is 7.19. The summed E-state index contributed by atoms with van der Waals surface area (Å²) in [5, 5.41) is 1.64. The van der Waals surface area contributed by atoms with Crippen LogP contribution in [-0.2, 0) is 13.1 Å². The van der Waals surface area contributed by atoms with Gasteiger partial charge in [0.05, 0.1) is 10.6 Å². The number of amides is 1. The molecule has 5 heteroatoms. The van der Waals surface area contributed by atoms with Gasteiger partial charge in [-0.05, 0) is 35.4 Å². The van der Waals surface area contributed by atoms with E-state index >= 15 is 0 Å². The molecule has 1 amide bonds. The van der Waals surface area contributed by atoms with Crippen LogP contribution in [0.1, 0.15) is 21.5 Å². The summed E-state index contributed by atoms with van der Waals surface area (Å²) < 4.78 is 0. The van der Waals surface area contributed by atoms with Gasteiger partial charge < -0.3 is 4.90 Å². The number of nitrogens with zero attached hydrogens (tertiary/aromatic N) is 1. The number of hydrogen-bond donors (Lipinski definition) is 0. The standard InChI is InChI=1S/C15H10Cl3NO/c16-11-3-1-9(2-4-11)7-19-8-10-5-12(17)6-13(18)14(10)15(19)20/h1-6H,7-8H2. The minimum Gasteiger partial charge on any atom is -0.330 e. The van der Waals surface area contributed by atoms with Gasteiger partial charge in [0, 0.05) is 23.1 Å². The minimum absolute atomic E-state index is 0.0587. The Morgan fingerprint density at radius 1 is 1.00 bits per heavy atom. The Hall–Kier alpha value is -1.22. The number of halogens is 3. The SMILES string of the molecule is O=C1c2c(Cl)cc(Cl)cc2CN1Cc1ccc(Cl)cc1. The molecule has 2 nitrogen and oxygen atoms in total. The van der Waals surface area contributed by atoms with E-state index < -0.39 is 0 Å². The molecular formula is C15H10Cl3NO. The molecule has 2 aromatic rings. The second-order valence-electron chi connectivity index (χ2n) is 4.71. The van der Waals surface area contributed by atoms with Crippen molar-refractivity contribution in [3.8, 4) is 0 Å². The zero-order chi connectivity index (χ0) is 14.3. The van der Waals surface area contributed by atoms with Crippen LogP contribution in [-0.4, -0.2) is 10.8 Å². The highest BCUT2D eigenvalue weighted by atomic mass is 35.5. The predicted molar refractivity (Wildman–Crippen MR) is 81.5 cm³/mol. The van der Waals surface area contributed by atoms with Crippen LogP contribution in [0, 0.1) is 0 Å². The highest BCUT2D eigenvalue weighted by molar-refractivity contribution is 6.37. The molecule has 0 N–H and O–H groups in total. The molecule has 0 saturated heterocycles. The van der Waals surface area contributed by atoms with Gasteiger partial charge in [0.2, 0.25) is 0 Å². The van der Waals surface area contributed by atoms with Gasteiger partial charge in [-0.1, -0.05) is 46.9 Å². The zero-order valence-corrected chi connectivity index (χ0v) is 12.6. The summed E-state index contributed by atoms with van der Waals surface area (Å²) in [6.07, 6.45) is 0. The lowest BCUT2D eigenvalue weighted by Gasteiger charge is -2.15. The van der Waals surface area contributed by atoms with E-state index in [1.165, 1.54) is 0 Å². The predicted octanol–water partition coefficient (Wildman–Crippen LogP) is 4.80. The number of benzene rings is 2. The number of hydrogen-bond acceptors (Lipinski definition) is 1. The van der Waals surface area contributed by atoms with Crippen LogP contribution in [0.15, 0.2) is 36.4 Å². The highest BCUT2D eigenvalue weighted by Gasteiger charge is 2.30. The first-order valence-electron chi connectivity index (χ1n) is 6.06. The monoisotopic (exact) mass is 325 g/mol. The van der Waals surface area contributed by atoms with Gasteiger partial charge in [0.15, 0.2) is 0 Å². The van der Waals surface area contributed by atoms with Crippen molar-refractivity contribution in [1.29, 1.82) is 0 Å². The quantitative estimate of drug-likeness (QED) is 0.776. The maximum Gasteiger partial charge on any atom is 0.256 e. The second-order valence-corrected chi connectivity index (χ2v) is 5.99. The number of fused-ring (bicyclic) bond motifs is 1. The van der Waals surface area contributed by atoms with Crippen molar-refractivity contribution in [2.75, 3.05) is 0 Å². The van der Waals surface area contributed by atoms with Crippen molar-refractivity contribution in [3.05, 3.63) is 68.2 Å². The van der Waals surface area contributed by atoms with Crippen LogP contribution in [0.3, 0.4) is 0 Å². The van der Waals surface area contributed by atoms with E-state index in [1.807, 2.05) is 24.3 Å². The Bertz CT molecular complexity index is 682. The van der Waals surface area contributed by atoms with E-state index in [1.54, 1.807) is 17.0 Å². The topological polar surface area (TPSA) is 20.3 Å². The Morgan fingerprint density at radius 2 is 1.70 bits per heavy atom. The lowest BCUT2D eigenvalue weighted by atomic mass is 10.1. The van der Waals surface area contributed by atoms with E-state index in [9.17, 15) is 4.79 Å². The van der Waals surface area contributed by atoms with E-state index in [2.05, 4.69) is 0 Å². The summed E-state index contributed by atoms with van der Waals surface area (Å²) in [6, 6.07) is 10.8. The summed E-state index contributed by atoms with van der Waals surface area (Å²) in [6.45, 7) is 1.05. The Labute approximate surface area is 131 Å². The van der Waals surface area contributed by atoms with Crippen molar-refractivity contribution in [2.45, 2.75) is 13.1 Å². The summed E-state index contributed by atoms with van der Waals surface area (Å²) in [5.74, 6) is -0.0587. The first kappa shape index (κ1) is 13.7. The number of carbonyl (C=O) groups is 1. The third-order valence-electron chi connectivity index (χ3n) is 3.29. The first-order chi connectivity index (χ1) is 9.54. The molecule has 0 spiro atoms. The van der Waals surface area contributed by atoms with Gasteiger partial charge in [-0.25, -0.2) is 0 Å². The summed E-state index contributed by atoms with van der Waals surface area (Å²) in [5.41, 5.74) is 2.46. The van der Waals surface area contributed by atoms with Gasteiger partial charge in [0.25, 0.3) is 5.91 Å². The van der Waals surface area contributed by atoms with Crippen molar-refractivity contribution in [1.82, 2.24) is 4.90 Å². The van der Waals surface area contributed by atoms with Gasteiger partial charge in [-0.2, -0.15) is 0 Å². The molecule has 0 saturated carbocycles. The van der Waals surface area contributed by atoms with E-state index in [0.717, 1.165) is 11.1 Å². The van der Waals surface area contributed by atoms with Gasteiger partial charge >= 0.3 is 0 Å². The fraction of sp³-hybridized carbons (Fsp3) is 0.133. The van der Waals surface area contributed by atoms with E-state index in [-0.39, 0.29) is 5.91 Å². The molecule has 3 rings (SSSR count). The van der Waals surface area contributed by atoms with Crippen molar-refractivity contribution in [3.63, 3.8) is 0 Å². The zero-order valence-electron chi connectivity index (χ0n) is 10.4. The second kappa shape index (κ2) is 5.28. The maximum absolute atomic E-state index is 12.4. The van der Waals surface area contributed by atoms with Crippen LogP contribution in [0.5, 0.6) is 0 Å². The lowest BCUT2D eigenvalue weighted by Crippen LogP contribution is -2.23. The molecular weight excluding hydrogens is 317 g/mol. The van der Waals surface area contributed by atoms with Crippen LogP contribution in [0.2, 0.25) is 15.1 Å². The van der Waals surface area contributed by atoms with Crippen LogP contribution in [0.4, 0.5) is 0 Å². The molecule has 0 bridgehead atoms.